The number of anilines is 1. The number of hydrogen-bond donors (Lipinski definition) is 0. The minimum atomic E-state index is 0.274. The molecule has 0 radical (unpaired) electrons. The van der Waals surface area contributed by atoms with Gasteiger partial charge in [0.25, 0.3) is 0 Å². The lowest BCUT2D eigenvalue weighted by Gasteiger charge is -2.40. The van der Waals surface area contributed by atoms with Crippen LogP contribution in [0.5, 0.6) is 0 Å². The molecule has 1 fully saturated rings. The van der Waals surface area contributed by atoms with E-state index < -0.39 is 0 Å². The molecule has 0 amide bonds. The van der Waals surface area contributed by atoms with Gasteiger partial charge in [0.2, 0.25) is 0 Å². The fourth-order valence-electron chi connectivity index (χ4n) is 4.53. The Morgan fingerprint density at radius 1 is 0.633 bits per heavy atom. The van der Waals surface area contributed by atoms with Crippen LogP contribution in [0.25, 0.3) is 10.8 Å². The van der Waals surface area contributed by atoms with Crippen LogP contribution in [0.3, 0.4) is 0 Å². The third kappa shape index (κ3) is 3.55. The molecule has 4 heteroatoms. The average Bonchev–Trinajstić information content (AvgIpc) is 2.82. The maximum absolute atomic E-state index is 4.57. The summed E-state index contributed by atoms with van der Waals surface area (Å²) >= 11 is 0. The highest BCUT2D eigenvalue weighted by atomic mass is 15.3. The van der Waals surface area contributed by atoms with E-state index in [4.69, 9.17) is 0 Å². The smallest absolute Gasteiger partial charge is 0.159 e. The van der Waals surface area contributed by atoms with Gasteiger partial charge in [-0.25, -0.2) is 0 Å². The van der Waals surface area contributed by atoms with Crippen LogP contribution in [0, 0.1) is 6.92 Å². The fraction of sp³-hybridized carbons (Fsp3) is 0.231. The standard InChI is InChI=1S/C26H26N4/c1-20-23-14-8-9-15-24(23)26(28-27-20)30-18-16-29(17-19-30)25(21-10-4-2-5-11-21)22-12-6-3-7-13-22/h2-15,25H,16-19H2,1H3. The first-order valence-electron chi connectivity index (χ1n) is 10.6. The van der Waals surface area contributed by atoms with Crippen LogP contribution in [0.4, 0.5) is 5.82 Å². The second-order valence-electron chi connectivity index (χ2n) is 7.90. The van der Waals surface area contributed by atoms with E-state index in [1.54, 1.807) is 0 Å². The zero-order valence-corrected chi connectivity index (χ0v) is 17.3. The molecule has 150 valence electrons. The molecule has 1 aromatic heterocycles. The monoisotopic (exact) mass is 394 g/mol. The Morgan fingerprint density at radius 2 is 1.17 bits per heavy atom. The van der Waals surface area contributed by atoms with E-state index in [0.29, 0.717) is 0 Å². The van der Waals surface area contributed by atoms with Crippen LogP contribution in [0.2, 0.25) is 0 Å². The normalized spacial score (nSPS) is 15.1. The molecule has 1 aliphatic heterocycles. The third-order valence-corrected chi connectivity index (χ3v) is 6.06. The van der Waals surface area contributed by atoms with Crippen molar-refractivity contribution < 1.29 is 0 Å². The summed E-state index contributed by atoms with van der Waals surface area (Å²) in [7, 11) is 0. The number of rotatable bonds is 4. The Kier molecular flexibility index (Phi) is 5.16. The Balaban J connectivity index is 1.42. The van der Waals surface area contributed by atoms with Gasteiger partial charge in [-0.1, -0.05) is 84.9 Å². The van der Waals surface area contributed by atoms with Crippen molar-refractivity contribution in [3.8, 4) is 0 Å². The van der Waals surface area contributed by atoms with Gasteiger partial charge in [-0.15, -0.1) is 5.10 Å². The first-order chi connectivity index (χ1) is 14.8. The lowest BCUT2D eigenvalue weighted by Crippen LogP contribution is -2.48. The summed E-state index contributed by atoms with van der Waals surface area (Å²) in [5.74, 6) is 1.01. The zero-order valence-electron chi connectivity index (χ0n) is 17.3. The van der Waals surface area contributed by atoms with Gasteiger partial charge in [0.1, 0.15) is 0 Å². The van der Waals surface area contributed by atoms with Gasteiger partial charge in [0.15, 0.2) is 5.82 Å². The number of nitrogens with zero attached hydrogens (tertiary/aromatic N) is 4. The Morgan fingerprint density at radius 3 is 1.77 bits per heavy atom. The number of aromatic nitrogens is 2. The van der Waals surface area contributed by atoms with Crippen molar-refractivity contribution in [3.05, 3.63) is 102 Å². The number of aryl methyl sites for hydroxylation is 1. The zero-order chi connectivity index (χ0) is 20.3. The van der Waals surface area contributed by atoms with Gasteiger partial charge < -0.3 is 4.90 Å². The van der Waals surface area contributed by atoms with Crippen molar-refractivity contribution in [3.63, 3.8) is 0 Å². The molecule has 1 saturated heterocycles. The molecule has 30 heavy (non-hydrogen) atoms. The molecular formula is C26H26N4. The summed E-state index contributed by atoms with van der Waals surface area (Å²) in [5, 5.41) is 11.4. The summed E-state index contributed by atoms with van der Waals surface area (Å²) in [5.41, 5.74) is 3.68. The molecule has 0 atom stereocenters. The topological polar surface area (TPSA) is 32.3 Å². The van der Waals surface area contributed by atoms with E-state index in [-0.39, 0.29) is 6.04 Å². The van der Waals surface area contributed by atoms with Crippen molar-refractivity contribution in [2.75, 3.05) is 31.1 Å². The van der Waals surface area contributed by atoms with Gasteiger partial charge in [-0.2, -0.15) is 5.10 Å². The first kappa shape index (κ1) is 18.8. The largest absolute Gasteiger partial charge is 0.352 e. The highest BCUT2D eigenvalue weighted by Gasteiger charge is 2.27. The Hall–Kier alpha value is -3.24. The number of hydrogen-bond acceptors (Lipinski definition) is 4. The molecule has 0 saturated carbocycles. The number of fused-ring (bicyclic) bond motifs is 1. The molecule has 0 N–H and O–H groups in total. The average molecular weight is 395 g/mol. The second-order valence-corrected chi connectivity index (χ2v) is 7.90. The summed E-state index contributed by atoms with van der Waals surface area (Å²) in [4.78, 5) is 4.98. The van der Waals surface area contributed by atoms with E-state index in [2.05, 4.69) is 105 Å². The molecule has 0 unspecified atom stereocenters. The van der Waals surface area contributed by atoms with Gasteiger partial charge >= 0.3 is 0 Å². The minimum Gasteiger partial charge on any atom is -0.352 e. The van der Waals surface area contributed by atoms with Gasteiger partial charge in [0.05, 0.1) is 11.7 Å². The van der Waals surface area contributed by atoms with Crippen molar-refractivity contribution >= 4 is 16.6 Å². The first-order valence-corrected chi connectivity index (χ1v) is 10.6. The maximum Gasteiger partial charge on any atom is 0.159 e. The Bertz CT molecular complexity index is 1080. The third-order valence-electron chi connectivity index (χ3n) is 6.06. The molecule has 0 spiro atoms. The van der Waals surface area contributed by atoms with Crippen molar-refractivity contribution in [1.29, 1.82) is 0 Å². The minimum absolute atomic E-state index is 0.274. The van der Waals surface area contributed by atoms with E-state index in [1.807, 2.05) is 6.92 Å². The van der Waals surface area contributed by atoms with Crippen LogP contribution in [0.15, 0.2) is 84.9 Å². The number of benzene rings is 3. The van der Waals surface area contributed by atoms with Gasteiger partial charge in [-0.05, 0) is 18.1 Å². The maximum atomic E-state index is 4.57. The molecule has 1 aliphatic rings. The van der Waals surface area contributed by atoms with Gasteiger partial charge in [0, 0.05) is 37.0 Å². The van der Waals surface area contributed by atoms with Crippen molar-refractivity contribution in [2.45, 2.75) is 13.0 Å². The summed E-state index contributed by atoms with van der Waals surface area (Å²) in [6.45, 7) is 5.88. The van der Waals surface area contributed by atoms with Crippen LogP contribution >= 0.6 is 0 Å². The molecule has 0 aliphatic carbocycles. The van der Waals surface area contributed by atoms with E-state index in [9.17, 15) is 0 Å². The second kappa shape index (κ2) is 8.25. The lowest BCUT2D eigenvalue weighted by molar-refractivity contribution is 0.212. The predicted octanol–water partition coefficient (Wildman–Crippen LogP) is 4.85. The molecule has 5 rings (SSSR count). The van der Waals surface area contributed by atoms with E-state index >= 15 is 0 Å². The number of piperazine rings is 1. The van der Waals surface area contributed by atoms with E-state index in [1.165, 1.54) is 21.9 Å². The molecule has 4 aromatic rings. The molecule has 3 aromatic carbocycles. The Labute approximate surface area is 177 Å². The van der Waals surface area contributed by atoms with Crippen LogP contribution in [-0.2, 0) is 0 Å². The predicted molar refractivity (Wildman–Crippen MR) is 123 cm³/mol. The van der Waals surface area contributed by atoms with Crippen LogP contribution in [0.1, 0.15) is 22.9 Å². The lowest BCUT2D eigenvalue weighted by atomic mass is 9.96. The molecule has 2 heterocycles. The van der Waals surface area contributed by atoms with Crippen LogP contribution in [-0.4, -0.2) is 41.3 Å². The quantitative estimate of drug-likeness (QED) is 0.495. The van der Waals surface area contributed by atoms with Gasteiger partial charge in [-0.3, -0.25) is 4.90 Å². The van der Waals surface area contributed by atoms with Crippen molar-refractivity contribution in [2.24, 2.45) is 0 Å². The summed E-state index contributed by atoms with van der Waals surface area (Å²) < 4.78 is 0. The molecule has 4 nitrogen and oxygen atoms in total. The van der Waals surface area contributed by atoms with E-state index in [0.717, 1.165) is 37.7 Å². The SMILES string of the molecule is Cc1nnc(N2CCN(C(c3ccccc3)c3ccccc3)CC2)c2ccccc12. The summed E-state index contributed by atoms with van der Waals surface area (Å²) in [6, 6.07) is 30.4. The molecule has 0 bridgehead atoms. The van der Waals surface area contributed by atoms with Crippen molar-refractivity contribution in [1.82, 2.24) is 15.1 Å². The molecular weight excluding hydrogens is 368 g/mol. The van der Waals surface area contributed by atoms with Crippen LogP contribution < -0.4 is 4.90 Å². The fourth-order valence-corrected chi connectivity index (χ4v) is 4.53. The summed E-state index contributed by atoms with van der Waals surface area (Å²) in [6.07, 6.45) is 0. The highest BCUT2D eigenvalue weighted by Crippen LogP contribution is 2.31. The highest BCUT2D eigenvalue weighted by molar-refractivity contribution is 5.93.